The summed E-state index contributed by atoms with van der Waals surface area (Å²) in [7, 11) is 1.75. The lowest BCUT2D eigenvalue weighted by molar-refractivity contribution is 0.0455. The number of amides is 1. The van der Waals surface area contributed by atoms with Gasteiger partial charge in [-0.05, 0) is 42.5 Å². The number of halogens is 1. The van der Waals surface area contributed by atoms with E-state index in [1.165, 1.54) is 12.1 Å². The van der Waals surface area contributed by atoms with Crippen LogP contribution >= 0.6 is 0 Å². The van der Waals surface area contributed by atoms with Crippen molar-refractivity contribution < 1.29 is 14.3 Å². The van der Waals surface area contributed by atoms with Crippen LogP contribution in [0.15, 0.2) is 36.5 Å². The van der Waals surface area contributed by atoms with Crippen molar-refractivity contribution in [2.45, 2.75) is 18.9 Å². The smallest absolute Gasteiger partial charge is 0.272 e. The van der Waals surface area contributed by atoms with E-state index in [2.05, 4.69) is 5.10 Å². The lowest BCUT2D eigenvalue weighted by atomic mass is 9.87. The lowest BCUT2D eigenvalue weighted by Crippen LogP contribution is -2.40. The van der Waals surface area contributed by atoms with Crippen molar-refractivity contribution in [1.29, 1.82) is 0 Å². The Morgan fingerprint density at radius 1 is 1.26 bits per heavy atom. The van der Waals surface area contributed by atoms with Crippen molar-refractivity contribution >= 4 is 5.91 Å². The minimum Gasteiger partial charge on any atom is -0.388 e. The molecule has 1 fully saturated rings. The highest BCUT2D eigenvalue weighted by atomic mass is 19.1. The van der Waals surface area contributed by atoms with Crippen molar-refractivity contribution in [3.8, 4) is 0 Å². The summed E-state index contributed by atoms with van der Waals surface area (Å²) in [5, 5.41) is 14.5. The van der Waals surface area contributed by atoms with E-state index in [4.69, 9.17) is 0 Å². The molecular formula is C17H20FN3O2. The lowest BCUT2D eigenvalue weighted by Gasteiger charge is -2.34. The molecule has 1 saturated heterocycles. The molecule has 122 valence electrons. The van der Waals surface area contributed by atoms with Crippen LogP contribution in [-0.2, 0) is 7.05 Å². The van der Waals surface area contributed by atoms with E-state index in [0.717, 1.165) is 18.4 Å². The molecule has 3 rings (SSSR count). The molecule has 1 amide bonds. The van der Waals surface area contributed by atoms with Gasteiger partial charge >= 0.3 is 0 Å². The molecule has 23 heavy (non-hydrogen) atoms. The quantitative estimate of drug-likeness (QED) is 0.943. The number of carbonyl (C=O) groups excluding carboxylic acids is 1. The third-order valence-electron chi connectivity index (χ3n) is 4.52. The number of rotatable bonds is 3. The summed E-state index contributed by atoms with van der Waals surface area (Å²) >= 11 is 0. The summed E-state index contributed by atoms with van der Waals surface area (Å²) in [6.07, 6.45) is 2.44. The van der Waals surface area contributed by atoms with Crippen molar-refractivity contribution in [2.24, 2.45) is 13.0 Å². The van der Waals surface area contributed by atoms with Crippen LogP contribution in [0.25, 0.3) is 0 Å². The second kappa shape index (κ2) is 6.50. The minimum absolute atomic E-state index is 0.0280. The number of aliphatic hydroxyl groups is 1. The van der Waals surface area contributed by atoms with Gasteiger partial charge in [-0.1, -0.05) is 12.1 Å². The maximum absolute atomic E-state index is 13.0. The van der Waals surface area contributed by atoms with Crippen molar-refractivity contribution in [2.75, 3.05) is 13.1 Å². The summed E-state index contributed by atoms with van der Waals surface area (Å²) in [6.45, 7) is 1.21. The molecule has 0 aliphatic carbocycles. The van der Waals surface area contributed by atoms with E-state index in [1.807, 2.05) is 0 Å². The number of carbonyl (C=O) groups is 1. The van der Waals surface area contributed by atoms with Crippen molar-refractivity contribution in [1.82, 2.24) is 14.7 Å². The normalized spacial score (nSPS) is 17.3. The fraction of sp³-hybridized carbons (Fsp3) is 0.412. The monoisotopic (exact) mass is 317 g/mol. The first-order valence-corrected chi connectivity index (χ1v) is 7.77. The minimum atomic E-state index is -0.621. The molecule has 0 radical (unpaired) electrons. The van der Waals surface area contributed by atoms with Gasteiger partial charge in [-0.15, -0.1) is 0 Å². The Labute approximate surface area is 134 Å². The van der Waals surface area contributed by atoms with E-state index in [0.29, 0.717) is 18.8 Å². The second-order valence-electron chi connectivity index (χ2n) is 5.97. The number of hydrogen-bond acceptors (Lipinski definition) is 3. The Morgan fingerprint density at radius 3 is 2.48 bits per heavy atom. The van der Waals surface area contributed by atoms with Crippen LogP contribution in [0, 0.1) is 11.7 Å². The third kappa shape index (κ3) is 3.27. The van der Waals surface area contributed by atoms with Gasteiger partial charge in [0.25, 0.3) is 5.91 Å². The first-order valence-electron chi connectivity index (χ1n) is 7.77. The molecule has 2 heterocycles. The predicted molar refractivity (Wildman–Crippen MR) is 83.2 cm³/mol. The van der Waals surface area contributed by atoms with Gasteiger partial charge in [-0.25, -0.2) is 4.39 Å². The Bertz CT molecular complexity index is 675. The molecule has 1 aromatic heterocycles. The van der Waals surface area contributed by atoms with Crippen molar-refractivity contribution in [3.05, 3.63) is 53.6 Å². The first kappa shape index (κ1) is 15.7. The number of aliphatic hydroxyl groups excluding tert-OH is 1. The van der Waals surface area contributed by atoms with Crippen LogP contribution in [0.1, 0.15) is 35.0 Å². The van der Waals surface area contributed by atoms with Crippen LogP contribution in [0.5, 0.6) is 0 Å². The van der Waals surface area contributed by atoms with Gasteiger partial charge in [-0.3, -0.25) is 9.48 Å². The number of likely N-dealkylation sites (tertiary alicyclic amines) is 1. The van der Waals surface area contributed by atoms with Gasteiger partial charge < -0.3 is 10.0 Å². The van der Waals surface area contributed by atoms with Gasteiger partial charge in [0, 0.05) is 26.3 Å². The Balaban J connectivity index is 1.61. The van der Waals surface area contributed by atoms with Gasteiger partial charge in [0.15, 0.2) is 0 Å². The van der Waals surface area contributed by atoms with Gasteiger partial charge in [0.05, 0.1) is 6.10 Å². The molecule has 1 aliphatic heterocycles. The molecule has 2 aromatic rings. The van der Waals surface area contributed by atoms with Gasteiger partial charge in [0.2, 0.25) is 0 Å². The molecule has 6 heteroatoms. The molecule has 5 nitrogen and oxygen atoms in total. The summed E-state index contributed by atoms with van der Waals surface area (Å²) in [5.74, 6) is -0.256. The largest absolute Gasteiger partial charge is 0.388 e. The predicted octanol–water partition coefficient (Wildman–Crippen LogP) is 2.15. The van der Waals surface area contributed by atoms with Crippen LogP contribution in [0.4, 0.5) is 4.39 Å². The number of aromatic nitrogens is 2. The van der Waals surface area contributed by atoms with E-state index in [1.54, 1.807) is 41.0 Å². The number of benzene rings is 1. The maximum Gasteiger partial charge on any atom is 0.272 e. The number of aryl methyl sites for hydroxylation is 1. The Morgan fingerprint density at radius 2 is 1.91 bits per heavy atom. The van der Waals surface area contributed by atoms with E-state index in [9.17, 15) is 14.3 Å². The topological polar surface area (TPSA) is 58.4 Å². The molecule has 1 unspecified atom stereocenters. The van der Waals surface area contributed by atoms with E-state index >= 15 is 0 Å². The molecule has 1 atom stereocenters. The Kier molecular flexibility index (Phi) is 4.43. The highest BCUT2D eigenvalue weighted by molar-refractivity contribution is 5.92. The zero-order valence-electron chi connectivity index (χ0n) is 13.0. The molecular weight excluding hydrogens is 297 g/mol. The standard InChI is InChI=1S/C17H20FN3O2/c1-20-15(6-9-19-20)17(23)21-10-7-13(8-11-21)16(22)12-2-4-14(18)5-3-12/h2-6,9,13,16,22H,7-8,10-11H2,1H3. The van der Waals surface area contributed by atoms with Crippen LogP contribution in [-0.4, -0.2) is 38.8 Å². The number of nitrogens with zero attached hydrogens (tertiary/aromatic N) is 3. The van der Waals surface area contributed by atoms with Crippen LogP contribution < -0.4 is 0 Å². The maximum atomic E-state index is 13.0. The summed E-state index contributed by atoms with van der Waals surface area (Å²) in [5.41, 5.74) is 1.30. The number of piperidine rings is 1. The first-order chi connectivity index (χ1) is 11.1. The van der Waals surface area contributed by atoms with Crippen molar-refractivity contribution in [3.63, 3.8) is 0 Å². The average Bonchev–Trinajstić information content (AvgIpc) is 3.00. The average molecular weight is 317 g/mol. The molecule has 1 aromatic carbocycles. The zero-order valence-corrected chi connectivity index (χ0v) is 13.0. The van der Waals surface area contributed by atoms with Gasteiger partial charge in [-0.2, -0.15) is 5.10 Å². The summed E-state index contributed by atoms with van der Waals surface area (Å²) in [4.78, 5) is 14.2. The molecule has 1 N–H and O–H groups in total. The SMILES string of the molecule is Cn1nccc1C(=O)N1CCC(C(O)c2ccc(F)cc2)CC1. The van der Waals surface area contributed by atoms with Gasteiger partial charge in [0.1, 0.15) is 11.5 Å². The molecule has 0 bridgehead atoms. The fourth-order valence-electron chi connectivity index (χ4n) is 3.10. The molecule has 1 aliphatic rings. The van der Waals surface area contributed by atoms with Crippen LogP contribution in [0.3, 0.4) is 0 Å². The number of hydrogen-bond donors (Lipinski definition) is 1. The second-order valence-corrected chi connectivity index (χ2v) is 5.97. The highest BCUT2D eigenvalue weighted by Crippen LogP contribution is 2.31. The highest BCUT2D eigenvalue weighted by Gasteiger charge is 2.29. The summed E-state index contributed by atoms with van der Waals surface area (Å²) < 4.78 is 14.5. The Hall–Kier alpha value is -2.21. The zero-order chi connectivity index (χ0) is 16.4. The fourth-order valence-corrected chi connectivity index (χ4v) is 3.10. The molecule has 0 spiro atoms. The molecule has 0 saturated carbocycles. The van der Waals surface area contributed by atoms with Crippen LogP contribution in [0.2, 0.25) is 0 Å². The van der Waals surface area contributed by atoms with E-state index in [-0.39, 0.29) is 17.6 Å². The third-order valence-corrected chi connectivity index (χ3v) is 4.52. The van der Waals surface area contributed by atoms with E-state index < -0.39 is 6.10 Å². The summed E-state index contributed by atoms with van der Waals surface area (Å²) in [6, 6.07) is 7.67.